The highest BCUT2D eigenvalue weighted by Crippen LogP contribution is 2.28. The van der Waals surface area contributed by atoms with E-state index in [1.807, 2.05) is 43.3 Å². The summed E-state index contributed by atoms with van der Waals surface area (Å²) in [6.07, 6.45) is 2.34. The van der Waals surface area contributed by atoms with Crippen LogP contribution in [-0.4, -0.2) is 23.4 Å². The minimum Gasteiger partial charge on any atom is -0.484 e. The molecular weight excluding hydrogens is 398 g/mol. The number of hydrogen-bond donors (Lipinski definition) is 2. The van der Waals surface area contributed by atoms with E-state index in [-0.39, 0.29) is 18.4 Å². The Balaban J connectivity index is 1.56. The highest BCUT2D eigenvalue weighted by molar-refractivity contribution is 7.22. The SMILES string of the molecule is CCCC(=O)Nc1nc2ccc(NC(=O)COc3ccc([C@H](C)CC)cc3)cc2s1. The van der Waals surface area contributed by atoms with Crippen molar-refractivity contribution in [2.24, 2.45) is 0 Å². The molecule has 0 bridgehead atoms. The van der Waals surface area contributed by atoms with E-state index in [0.717, 1.165) is 23.1 Å². The first kappa shape index (κ1) is 21.8. The predicted molar refractivity (Wildman–Crippen MR) is 122 cm³/mol. The van der Waals surface area contributed by atoms with Gasteiger partial charge in [0.05, 0.1) is 10.2 Å². The molecule has 0 fully saturated rings. The van der Waals surface area contributed by atoms with Crippen LogP contribution < -0.4 is 15.4 Å². The number of nitrogens with one attached hydrogen (secondary N) is 2. The van der Waals surface area contributed by atoms with Crippen LogP contribution in [0.25, 0.3) is 10.2 Å². The Morgan fingerprint density at radius 1 is 1.07 bits per heavy atom. The van der Waals surface area contributed by atoms with Crippen molar-refractivity contribution in [3.05, 3.63) is 48.0 Å². The third kappa shape index (κ3) is 5.79. The number of fused-ring (bicyclic) bond motifs is 1. The Labute approximate surface area is 180 Å². The van der Waals surface area contributed by atoms with Crippen LogP contribution in [-0.2, 0) is 9.59 Å². The lowest BCUT2D eigenvalue weighted by Gasteiger charge is -2.11. The fourth-order valence-electron chi connectivity index (χ4n) is 2.94. The van der Waals surface area contributed by atoms with E-state index in [2.05, 4.69) is 29.5 Å². The van der Waals surface area contributed by atoms with Crippen LogP contribution in [0, 0.1) is 0 Å². The van der Waals surface area contributed by atoms with Crippen LogP contribution in [0.2, 0.25) is 0 Å². The summed E-state index contributed by atoms with van der Waals surface area (Å²) in [6.45, 7) is 6.23. The van der Waals surface area contributed by atoms with Gasteiger partial charge in [0.2, 0.25) is 5.91 Å². The predicted octanol–water partition coefficient (Wildman–Crippen LogP) is 5.57. The Morgan fingerprint density at radius 3 is 2.53 bits per heavy atom. The second kappa shape index (κ2) is 10.2. The molecule has 1 atom stereocenters. The number of aromatic nitrogens is 1. The van der Waals surface area contributed by atoms with Gasteiger partial charge in [0, 0.05) is 12.1 Å². The highest BCUT2D eigenvalue weighted by Gasteiger charge is 2.10. The summed E-state index contributed by atoms with van der Waals surface area (Å²) in [4.78, 5) is 28.4. The number of amides is 2. The van der Waals surface area contributed by atoms with Crippen LogP contribution in [0.5, 0.6) is 5.75 Å². The van der Waals surface area contributed by atoms with Gasteiger partial charge in [-0.15, -0.1) is 0 Å². The van der Waals surface area contributed by atoms with Crippen molar-refractivity contribution in [3.63, 3.8) is 0 Å². The Kier molecular flexibility index (Phi) is 7.41. The molecule has 2 N–H and O–H groups in total. The molecule has 3 rings (SSSR count). The largest absolute Gasteiger partial charge is 0.484 e. The van der Waals surface area contributed by atoms with Gasteiger partial charge in [-0.05, 0) is 54.7 Å². The van der Waals surface area contributed by atoms with Crippen molar-refractivity contribution >= 4 is 44.2 Å². The molecular formula is C23H27N3O3S. The minimum absolute atomic E-state index is 0.0422. The van der Waals surface area contributed by atoms with Gasteiger partial charge in [-0.1, -0.05) is 44.2 Å². The molecule has 0 unspecified atom stereocenters. The summed E-state index contributed by atoms with van der Waals surface area (Å²) in [5.41, 5.74) is 2.71. The van der Waals surface area contributed by atoms with Gasteiger partial charge < -0.3 is 15.4 Å². The molecule has 3 aromatic rings. The van der Waals surface area contributed by atoms with E-state index in [1.54, 1.807) is 6.07 Å². The second-order valence-corrected chi connectivity index (χ2v) is 8.25. The quantitative estimate of drug-likeness (QED) is 0.470. The van der Waals surface area contributed by atoms with Gasteiger partial charge in [-0.2, -0.15) is 0 Å². The number of rotatable bonds is 9. The first-order valence-electron chi connectivity index (χ1n) is 10.2. The molecule has 30 heavy (non-hydrogen) atoms. The zero-order valence-electron chi connectivity index (χ0n) is 17.5. The maximum absolute atomic E-state index is 12.3. The third-order valence-electron chi connectivity index (χ3n) is 4.83. The van der Waals surface area contributed by atoms with E-state index in [0.29, 0.717) is 28.9 Å². The van der Waals surface area contributed by atoms with E-state index in [9.17, 15) is 9.59 Å². The number of carbonyl (C=O) groups is 2. The normalized spacial score (nSPS) is 11.8. The lowest BCUT2D eigenvalue weighted by molar-refractivity contribution is -0.118. The smallest absolute Gasteiger partial charge is 0.262 e. The summed E-state index contributed by atoms with van der Waals surface area (Å²) in [5.74, 6) is 0.896. The monoisotopic (exact) mass is 425 g/mol. The molecule has 0 saturated heterocycles. The zero-order chi connectivity index (χ0) is 21.5. The summed E-state index contributed by atoms with van der Waals surface area (Å²) in [5, 5.41) is 6.21. The molecule has 158 valence electrons. The van der Waals surface area contributed by atoms with Crippen molar-refractivity contribution in [2.75, 3.05) is 17.2 Å². The highest BCUT2D eigenvalue weighted by atomic mass is 32.1. The summed E-state index contributed by atoms with van der Waals surface area (Å²) >= 11 is 1.38. The van der Waals surface area contributed by atoms with Gasteiger partial charge in [0.15, 0.2) is 11.7 Å². The van der Waals surface area contributed by atoms with Crippen molar-refractivity contribution in [2.45, 2.75) is 46.0 Å². The molecule has 0 spiro atoms. The fourth-order valence-corrected chi connectivity index (χ4v) is 3.86. The van der Waals surface area contributed by atoms with E-state index >= 15 is 0 Å². The van der Waals surface area contributed by atoms with Crippen molar-refractivity contribution in [1.82, 2.24) is 4.98 Å². The number of hydrogen-bond acceptors (Lipinski definition) is 5. The topological polar surface area (TPSA) is 80.3 Å². The lowest BCUT2D eigenvalue weighted by Crippen LogP contribution is -2.20. The molecule has 0 radical (unpaired) electrons. The summed E-state index contributed by atoms with van der Waals surface area (Å²) in [7, 11) is 0. The minimum atomic E-state index is -0.235. The van der Waals surface area contributed by atoms with Gasteiger partial charge in [-0.3, -0.25) is 9.59 Å². The van der Waals surface area contributed by atoms with Crippen LogP contribution in [0.15, 0.2) is 42.5 Å². The third-order valence-corrected chi connectivity index (χ3v) is 5.76. The number of carbonyl (C=O) groups excluding carboxylic acids is 2. The van der Waals surface area contributed by atoms with Crippen LogP contribution in [0.3, 0.4) is 0 Å². The van der Waals surface area contributed by atoms with E-state index < -0.39 is 0 Å². The number of benzene rings is 2. The molecule has 6 nitrogen and oxygen atoms in total. The van der Waals surface area contributed by atoms with E-state index in [4.69, 9.17) is 4.74 Å². The molecule has 0 aliphatic heterocycles. The molecule has 0 aliphatic carbocycles. The summed E-state index contributed by atoms with van der Waals surface area (Å²) < 4.78 is 6.49. The first-order valence-corrected chi connectivity index (χ1v) is 11.0. The lowest BCUT2D eigenvalue weighted by atomic mass is 9.99. The van der Waals surface area contributed by atoms with Crippen molar-refractivity contribution in [1.29, 1.82) is 0 Å². The van der Waals surface area contributed by atoms with Crippen LogP contribution in [0.4, 0.5) is 10.8 Å². The summed E-state index contributed by atoms with van der Waals surface area (Å²) in [6, 6.07) is 13.3. The molecule has 2 amide bonds. The molecule has 2 aromatic carbocycles. The number of ether oxygens (including phenoxy) is 1. The van der Waals surface area contributed by atoms with Gasteiger partial charge in [-0.25, -0.2) is 4.98 Å². The average molecular weight is 426 g/mol. The van der Waals surface area contributed by atoms with Crippen molar-refractivity contribution < 1.29 is 14.3 Å². The average Bonchev–Trinajstić information content (AvgIpc) is 3.13. The molecule has 0 saturated carbocycles. The maximum Gasteiger partial charge on any atom is 0.262 e. The fraction of sp³-hybridized carbons (Fsp3) is 0.348. The zero-order valence-corrected chi connectivity index (χ0v) is 18.3. The Morgan fingerprint density at radius 2 is 1.83 bits per heavy atom. The maximum atomic E-state index is 12.3. The molecule has 7 heteroatoms. The van der Waals surface area contributed by atoms with Crippen LogP contribution >= 0.6 is 11.3 Å². The number of thiazole rings is 1. The number of anilines is 2. The Hall–Kier alpha value is -2.93. The number of nitrogens with zero attached hydrogens (tertiary/aromatic N) is 1. The molecule has 1 aromatic heterocycles. The standard InChI is InChI=1S/C23H27N3O3S/c1-4-6-21(27)26-23-25-19-12-9-17(13-20(19)30-23)24-22(28)14-29-18-10-7-16(8-11-18)15(3)5-2/h7-13,15H,4-6,14H2,1-3H3,(H,24,28)(H,25,26,27)/t15-/m1/s1. The van der Waals surface area contributed by atoms with Gasteiger partial charge in [0.1, 0.15) is 5.75 Å². The Bertz CT molecular complexity index is 1010. The van der Waals surface area contributed by atoms with Gasteiger partial charge >= 0.3 is 0 Å². The second-order valence-electron chi connectivity index (χ2n) is 7.21. The van der Waals surface area contributed by atoms with Crippen LogP contribution in [0.1, 0.15) is 51.5 Å². The molecule has 1 heterocycles. The van der Waals surface area contributed by atoms with Crippen molar-refractivity contribution in [3.8, 4) is 5.75 Å². The molecule has 0 aliphatic rings. The van der Waals surface area contributed by atoms with E-state index in [1.165, 1.54) is 16.9 Å². The van der Waals surface area contributed by atoms with Gasteiger partial charge in [0.25, 0.3) is 5.91 Å². The first-order chi connectivity index (χ1) is 14.5.